The molecule has 0 bridgehead atoms. The molecule has 0 radical (unpaired) electrons. The molecule has 2 aromatic heterocycles. The zero-order chi connectivity index (χ0) is 15.8. The summed E-state index contributed by atoms with van der Waals surface area (Å²) >= 11 is 5.00. The van der Waals surface area contributed by atoms with Gasteiger partial charge in [0.25, 0.3) is 0 Å². The molecule has 0 N–H and O–H groups in total. The van der Waals surface area contributed by atoms with E-state index in [1.165, 1.54) is 12.8 Å². The first-order valence-corrected chi connectivity index (χ1v) is 9.11. The molecule has 4 rings (SSSR count). The van der Waals surface area contributed by atoms with Crippen molar-refractivity contribution in [2.75, 3.05) is 0 Å². The number of nitrogens with zero attached hydrogens (tertiary/aromatic N) is 5. The number of aromatic nitrogens is 5. The van der Waals surface area contributed by atoms with Crippen LogP contribution in [0, 0.1) is 6.92 Å². The van der Waals surface area contributed by atoms with E-state index in [9.17, 15) is 0 Å². The minimum Gasteiger partial charge on any atom is -0.420 e. The highest BCUT2D eigenvalue weighted by atomic mass is 79.9. The number of rotatable bonds is 5. The molecule has 1 aliphatic carbocycles. The summed E-state index contributed by atoms with van der Waals surface area (Å²) in [6, 6.07) is 8.36. The first-order chi connectivity index (χ1) is 11.2. The molecular formula is C15H14BrN5OS. The van der Waals surface area contributed by atoms with Crippen LogP contribution < -0.4 is 0 Å². The fourth-order valence-electron chi connectivity index (χ4n) is 2.35. The van der Waals surface area contributed by atoms with E-state index in [-0.39, 0.29) is 0 Å². The monoisotopic (exact) mass is 391 g/mol. The quantitative estimate of drug-likeness (QED) is 0.611. The summed E-state index contributed by atoms with van der Waals surface area (Å²) in [4.78, 5) is 0. The SMILES string of the molecule is Cc1nnc(SCc2nnc(-c3ccc(Br)cc3)o2)n1C1CC1. The van der Waals surface area contributed by atoms with Gasteiger partial charge in [0.15, 0.2) is 5.16 Å². The van der Waals surface area contributed by atoms with Crippen LogP contribution in [-0.4, -0.2) is 25.0 Å². The van der Waals surface area contributed by atoms with E-state index in [4.69, 9.17) is 4.42 Å². The average Bonchev–Trinajstić information content (AvgIpc) is 3.15. The molecule has 0 atom stereocenters. The largest absolute Gasteiger partial charge is 0.420 e. The minimum absolute atomic E-state index is 0.535. The maximum atomic E-state index is 5.74. The normalized spacial score (nSPS) is 14.3. The molecule has 2 heterocycles. The van der Waals surface area contributed by atoms with Gasteiger partial charge in [0, 0.05) is 16.1 Å². The van der Waals surface area contributed by atoms with Gasteiger partial charge in [-0.15, -0.1) is 20.4 Å². The van der Waals surface area contributed by atoms with Crippen molar-refractivity contribution < 1.29 is 4.42 Å². The van der Waals surface area contributed by atoms with Crippen LogP contribution in [0.2, 0.25) is 0 Å². The molecule has 1 aromatic carbocycles. The lowest BCUT2D eigenvalue weighted by atomic mass is 10.2. The zero-order valence-corrected chi connectivity index (χ0v) is 14.8. The van der Waals surface area contributed by atoms with Gasteiger partial charge in [-0.1, -0.05) is 27.7 Å². The maximum absolute atomic E-state index is 5.74. The number of hydrogen-bond donors (Lipinski definition) is 0. The Balaban J connectivity index is 1.47. The summed E-state index contributed by atoms with van der Waals surface area (Å²) < 4.78 is 8.96. The number of benzene rings is 1. The molecule has 118 valence electrons. The molecule has 0 spiro atoms. The smallest absolute Gasteiger partial charge is 0.247 e. The van der Waals surface area contributed by atoms with E-state index in [2.05, 4.69) is 40.9 Å². The van der Waals surface area contributed by atoms with Crippen LogP contribution in [0.1, 0.15) is 30.6 Å². The Kier molecular flexibility index (Phi) is 3.94. The predicted molar refractivity (Wildman–Crippen MR) is 90.0 cm³/mol. The van der Waals surface area contributed by atoms with Crippen molar-refractivity contribution in [3.05, 3.63) is 40.5 Å². The average molecular weight is 392 g/mol. The molecule has 3 aromatic rings. The van der Waals surface area contributed by atoms with Gasteiger partial charge in [-0.05, 0) is 44.0 Å². The number of aryl methyl sites for hydroxylation is 1. The maximum Gasteiger partial charge on any atom is 0.247 e. The van der Waals surface area contributed by atoms with Crippen LogP contribution in [0.3, 0.4) is 0 Å². The Morgan fingerprint density at radius 1 is 1.17 bits per heavy atom. The Morgan fingerprint density at radius 2 is 1.96 bits per heavy atom. The Labute approximate surface area is 145 Å². The highest BCUT2D eigenvalue weighted by Crippen LogP contribution is 2.39. The van der Waals surface area contributed by atoms with Gasteiger partial charge in [0.05, 0.1) is 5.75 Å². The fourth-order valence-corrected chi connectivity index (χ4v) is 3.50. The van der Waals surface area contributed by atoms with Crippen molar-refractivity contribution in [2.24, 2.45) is 0 Å². The van der Waals surface area contributed by atoms with Crippen molar-refractivity contribution >= 4 is 27.7 Å². The Hall–Kier alpha value is -1.67. The third-order valence-corrected chi connectivity index (χ3v) is 5.09. The summed E-state index contributed by atoms with van der Waals surface area (Å²) in [6.07, 6.45) is 2.42. The van der Waals surface area contributed by atoms with E-state index in [0.29, 0.717) is 23.6 Å². The topological polar surface area (TPSA) is 69.6 Å². The van der Waals surface area contributed by atoms with Crippen LogP contribution in [-0.2, 0) is 5.75 Å². The molecule has 0 saturated heterocycles. The zero-order valence-electron chi connectivity index (χ0n) is 12.4. The second-order valence-electron chi connectivity index (χ2n) is 5.43. The Morgan fingerprint density at radius 3 is 2.70 bits per heavy atom. The van der Waals surface area contributed by atoms with Gasteiger partial charge in [-0.25, -0.2) is 0 Å². The lowest BCUT2D eigenvalue weighted by molar-refractivity contribution is 0.528. The van der Waals surface area contributed by atoms with Crippen molar-refractivity contribution in [1.82, 2.24) is 25.0 Å². The van der Waals surface area contributed by atoms with Crippen LogP contribution in [0.25, 0.3) is 11.5 Å². The summed E-state index contributed by atoms with van der Waals surface area (Å²) in [6.45, 7) is 1.99. The highest BCUT2D eigenvalue weighted by Gasteiger charge is 2.28. The van der Waals surface area contributed by atoms with Gasteiger partial charge < -0.3 is 8.98 Å². The van der Waals surface area contributed by atoms with Gasteiger partial charge in [0.1, 0.15) is 5.82 Å². The van der Waals surface area contributed by atoms with Crippen molar-refractivity contribution in [3.8, 4) is 11.5 Å². The molecule has 6 nitrogen and oxygen atoms in total. The van der Waals surface area contributed by atoms with Gasteiger partial charge in [0.2, 0.25) is 11.8 Å². The van der Waals surface area contributed by atoms with Gasteiger partial charge in [-0.2, -0.15) is 0 Å². The Bertz CT molecular complexity index is 825. The van der Waals surface area contributed by atoms with Crippen LogP contribution in [0.4, 0.5) is 0 Å². The first-order valence-electron chi connectivity index (χ1n) is 7.33. The third-order valence-electron chi connectivity index (χ3n) is 3.63. The predicted octanol–water partition coefficient (Wildman–Crippen LogP) is 4.03. The minimum atomic E-state index is 0.535. The van der Waals surface area contributed by atoms with E-state index < -0.39 is 0 Å². The molecule has 1 fully saturated rings. The number of hydrogen-bond acceptors (Lipinski definition) is 6. The van der Waals surface area contributed by atoms with Crippen molar-refractivity contribution in [3.63, 3.8) is 0 Å². The van der Waals surface area contributed by atoms with E-state index >= 15 is 0 Å². The van der Waals surface area contributed by atoms with Crippen molar-refractivity contribution in [1.29, 1.82) is 0 Å². The lowest BCUT2D eigenvalue weighted by Gasteiger charge is -2.04. The number of halogens is 1. The summed E-state index contributed by atoms with van der Waals surface area (Å²) in [5.41, 5.74) is 0.911. The van der Waals surface area contributed by atoms with Crippen molar-refractivity contribution in [2.45, 2.75) is 36.7 Å². The van der Waals surface area contributed by atoms with E-state index in [0.717, 1.165) is 21.0 Å². The standard InChI is InChI=1S/C15H14BrN5OS/c1-9-17-20-15(21(9)12-6-7-12)23-8-13-18-19-14(22-13)10-2-4-11(16)5-3-10/h2-5,12H,6-8H2,1H3. The van der Waals surface area contributed by atoms with Gasteiger partial charge >= 0.3 is 0 Å². The molecule has 0 amide bonds. The van der Waals surface area contributed by atoms with Crippen LogP contribution in [0.15, 0.2) is 38.3 Å². The van der Waals surface area contributed by atoms with E-state index in [1.807, 2.05) is 31.2 Å². The lowest BCUT2D eigenvalue weighted by Crippen LogP contribution is -1.99. The fraction of sp³-hybridized carbons (Fsp3) is 0.333. The van der Waals surface area contributed by atoms with Crippen LogP contribution in [0.5, 0.6) is 0 Å². The van der Waals surface area contributed by atoms with Crippen LogP contribution >= 0.6 is 27.7 Å². The summed E-state index contributed by atoms with van der Waals surface area (Å²) in [5.74, 6) is 2.69. The summed E-state index contributed by atoms with van der Waals surface area (Å²) in [5, 5.41) is 17.6. The van der Waals surface area contributed by atoms with E-state index in [1.54, 1.807) is 11.8 Å². The molecule has 1 aliphatic rings. The molecular weight excluding hydrogens is 378 g/mol. The molecule has 23 heavy (non-hydrogen) atoms. The molecule has 8 heteroatoms. The van der Waals surface area contributed by atoms with Gasteiger partial charge in [-0.3, -0.25) is 0 Å². The third kappa shape index (κ3) is 3.18. The first kappa shape index (κ1) is 14.9. The summed E-state index contributed by atoms with van der Waals surface area (Å²) in [7, 11) is 0. The molecule has 1 saturated carbocycles. The molecule has 0 aliphatic heterocycles. The number of thioether (sulfide) groups is 1. The highest BCUT2D eigenvalue weighted by molar-refractivity contribution is 9.10. The molecule has 0 unspecified atom stereocenters. The second-order valence-corrected chi connectivity index (χ2v) is 7.29. The second kappa shape index (κ2) is 6.09.